The Labute approximate surface area is 141 Å². The van der Waals surface area contributed by atoms with E-state index in [0.717, 1.165) is 16.3 Å². The summed E-state index contributed by atoms with van der Waals surface area (Å²) in [6.45, 7) is 1.70. The van der Waals surface area contributed by atoms with E-state index in [-0.39, 0.29) is 0 Å². The van der Waals surface area contributed by atoms with Crippen LogP contribution in [0.5, 0.6) is 0 Å². The molecule has 0 radical (unpaired) electrons. The van der Waals surface area contributed by atoms with Crippen molar-refractivity contribution in [3.8, 4) is 0 Å². The van der Waals surface area contributed by atoms with E-state index in [4.69, 9.17) is 0 Å². The van der Waals surface area contributed by atoms with Crippen molar-refractivity contribution >= 4 is 23.5 Å². The molecule has 0 aliphatic heterocycles. The second-order valence-corrected chi connectivity index (χ2v) is 8.46. The molecule has 0 aliphatic rings. The maximum atomic E-state index is 14.4. The van der Waals surface area contributed by atoms with Crippen LogP contribution in [-0.2, 0) is 4.57 Å². The van der Waals surface area contributed by atoms with Gasteiger partial charge in [0.05, 0.1) is 5.71 Å². The number of benzene rings is 2. The van der Waals surface area contributed by atoms with Crippen LogP contribution in [0.2, 0.25) is 0 Å². The molecule has 1 unspecified atom stereocenters. The van der Waals surface area contributed by atoms with Gasteiger partial charge >= 0.3 is 0 Å². The highest BCUT2D eigenvalue weighted by Gasteiger charge is 2.40. The zero-order valence-electron chi connectivity index (χ0n) is 13.3. The molecular formula is C19H19N2O2P. The molecule has 0 aliphatic carbocycles. The predicted molar refractivity (Wildman–Crippen MR) is 98.2 cm³/mol. The minimum absolute atomic E-state index is 0.411. The third-order valence-electron chi connectivity index (χ3n) is 4.11. The third kappa shape index (κ3) is 2.81. The predicted octanol–water partition coefficient (Wildman–Crippen LogP) is 3.92. The summed E-state index contributed by atoms with van der Waals surface area (Å²) in [4.78, 5) is 3.13. The van der Waals surface area contributed by atoms with Crippen LogP contribution < -0.4 is 10.6 Å². The minimum Gasteiger partial charge on any atom is -0.411 e. The summed E-state index contributed by atoms with van der Waals surface area (Å²) < 4.78 is 14.4. The molecule has 0 bridgehead atoms. The molecule has 3 rings (SSSR count). The average Bonchev–Trinajstić information content (AvgIpc) is 3.17. The van der Waals surface area contributed by atoms with E-state index >= 15 is 0 Å². The Balaban J connectivity index is 2.30. The van der Waals surface area contributed by atoms with Gasteiger partial charge in [-0.05, 0) is 19.1 Å². The lowest BCUT2D eigenvalue weighted by Crippen LogP contribution is -2.25. The Hall–Kier alpha value is -2.58. The summed E-state index contributed by atoms with van der Waals surface area (Å²) in [7, 11) is -3.12. The number of rotatable bonds is 5. The highest BCUT2D eigenvalue weighted by atomic mass is 31.2. The fourth-order valence-corrected chi connectivity index (χ4v) is 6.25. The van der Waals surface area contributed by atoms with E-state index in [2.05, 4.69) is 10.1 Å². The van der Waals surface area contributed by atoms with Crippen molar-refractivity contribution in [1.29, 1.82) is 0 Å². The topological polar surface area (TPSA) is 65.5 Å². The first-order valence-electron chi connectivity index (χ1n) is 7.70. The Kier molecular flexibility index (Phi) is 4.68. The number of hydrogen-bond donors (Lipinski definition) is 2. The van der Waals surface area contributed by atoms with Crippen molar-refractivity contribution < 1.29 is 9.77 Å². The number of nitrogens with one attached hydrogen (secondary N) is 1. The SMILES string of the molecule is C/C(=N\O)C(c1ccc[nH]1)P(=O)(c1ccccc1)c1ccccc1. The van der Waals surface area contributed by atoms with Crippen molar-refractivity contribution in [2.45, 2.75) is 12.6 Å². The van der Waals surface area contributed by atoms with Gasteiger partial charge in [0.15, 0.2) is 7.14 Å². The number of aromatic nitrogens is 1. The van der Waals surface area contributed by atoms with Gasteiger partial charge in [-0.25, -0.2) is 0 Å². The summed E-state index contributed by atoms with van der Waals surface area (Å²) >= 11 is 0. The van der Waals surface area contributed by atoms with E-state index < -0.39 is 12.8 Å². The maximum Gasteiger partial charge on any atom is 0.157 e. The number of hydrogen-bond acceptors (Lipinski definition) is 3. The molecule has 0 amide bonds. The molecule has 24 heavy (non-hydrogen) atoms. The first-order valence-corrected chi connectivity index (χ1v) is 9.48. The van der Waals surface area contributed by atoms with Gasteiger partial charge < -0.3 is 14.8 Å². The smallest absolute Gasteiger partial charge is 0.157 e. The van der Waals surface area contributed by atoms with Gasteiger partial charge in [0.1, 0.15) is 5.66 Å². The van der Waals surface area contributed by atoms with Crippen LogP contribution in [0.25, 0.3) is 0 Å². The zero-order chi connectivity index (χ0) is 17.0. The molecule has 5 heteroatoms. The Morgan fingerprint density at radius 1 is 0.958 bits per heavy atom. The molecule has 0 saturated heterocycles. The molecular weight excluding hydrogens is 319 g/mol. The normalized spacial score (nSPS) is 13.6. The van der Waals surface area contributed by atoms with Crippen LogP contribution in [-0.4, -0.2) is 15.9 Å². The summed E-state index contributed by atoms with van der Waals surface area (Å²) in [5, 5.41) is 14.3. The lowest BCUT2D eigenvalue weighted by atomic mass is 10.2. The second-order valence-electron chi connectivity index (χ2n) is 5.60. The van der Waals surface area contributed by atoms with Crippen LogP contribution in [0.4, 0.5) is 0 Å². The highest BCUT2D eigenvalue weighted by Crippen LogP contribution is 2.57. The summed E-state index contributed by atoms with van der Waals surface area (Å²) in [5.41, 5.74) is 0.622. The van der Waals surface area contributed by atoms with Gasteiger partial charge in [-0.15, -0.1) is 0 Å². The molecule has 3 aromatic rings. The molecule has 0 spiro atoms. The van der Waals surface area contributed by atoms with Crippen LogP contribution in [0.15, 0.2) is 84.1 Å². The van der Waals surface area contributed by atoms with E-state index in [1.807, 2.05) is 72.8 Å². The first-order chi connectivity index (χ1) is 11.7. The van der Waals surface area contributed by atoms with Crippen molar-refractivity contribution in [1.82, 2.24) is 4.98 Å². The number of nitrogens with zero attached hydrogens (tertiary/aromatic N) is 1. The van der Waals surface area contributed by atoms with Crippen LogP contribution in [0, 0.1) is 0 Å². The van der Waals surface area contributed by atoms with Crippen LogP contribution in [0.3, 0.4) is 0 Å². The number of oxime groups is 1. The maximum absolute atomic E-state index is 14.4. The molecule has 1 atom stereocenters. The zero-order valence-corrected chi connectivity index (χ0v) is 14.2. The Bertz CT molecular complexity index is 815. The fourth-order valence-electron chi connectivity index (χ4n) is 3.00. The van der Waals surface area contributed by atoms with Crippen molar-refractivity contribution in [3.05, 3.63) is 84.7 Å². The molecule has 2 N–H and O–H groups in total. The molecule has 1 aromatic heterocycles. The average molecular weight is 338 g/mol. The van der Waals surface area contributed by atoms with E-state index in [1.165, 1.54) is 0 Å². The molecule has 0 fully saturated rings. The number of H-pyrrole nitrogens is 1. The third-order valence-corrected chi connectivity index (χ3v) is 7.62. The van der Waals surface area contributed by atoms with Crippen LogP contribution in [0.1, 0.15) is 18.3 Å². The van der Waals surface area contributed by atoms with Gasteiger partial charge in [0.2, 0.25) is 0 Å². The largest absolute Gasteiger partial charge is 0.411 e. The Morgan fingerprint density at radius 2 is 1.50 bits per heavy atom. The first kappa shape index (κ1) is 16.3. The molecule has 1 heterocycles. The molecule has 122 valence electrons. The number of aromatic amines is 1. The van der Waals surface area contributed by atoms with Gasteiger partial charge in [0.25, 0.3) is 0 Å². The van der Waals surface area contributed by atoms with E-state index in [0.29, 0.717) is 5.71 Å². The van der Waals surface area contributed by atoms with Gasteiger partial charge in [0, 0.05) is 22.5 Å². The highest BCUT2D eigenvalue weighted by molar-refractivity contribution is 7.79. The monoisotopic (exact) mass is 338 g/mol. The van der Waals surface area contributed by atoms with Gasteiger partial charge in [-0.2, -0.15) is 0 Å². The van der Waals surface area contributed by atoms with Crippen molar-refractivity contribution in [3.63, 3.8) is 0 Å². The van der Waals surface area contributed by atoms with Crippen LogP contribution >= 0.6 is 7.14 Å². The molecule has 0 saturated carbocycles. The van der Waals surface area contributed by atoms with Gasteiger partial charge in [-0.3, -0.25) is 0 Å². The standard InChI is InChI=1S/C19H19N2O2P/c1-15(21-22)19(18-13-8-14-20-18)24(23,16-9-4-2-5-10-16)17-11-6-3-7-12-17/h2-14,19-20,22H,1H3/b21-15+. The molecule has 2 aromatic carbocycles. The summed E-state index contributed by atoms with van der Waals surface area (Å²) in [6, 6.07) is 22.5. The summed E-state index contributed by atoms with van der Waals surface area (Å²) in [5.74, 6) is 0. The molecule has 4 nitrogen and oxygen atoms in total. The quantitative estimate of drug-likeness (QED) is 0.320. The van der Waals surface area contributed by atoms with E-state index in [1.54, 1.807) is 13.1 Å². The van der Waals surface area contributed by atoms with E-state index in [9.17, 15) is 9.77 Å². The minimum atomic E-state index is -3.12. The second kappa shape index (κ2) is 6.90. The lowest BCUT2D eigenvalue weighted by molar-refractivity contribution is 0.317. The lowest BCUT2D eigenvalue weighted by Gasteiger charge is -2.27. The Morgan fingerprint density at radius 3 is 1.92 bits per heavy atom. The summed E-state index contributed by atoms with van der Waals surface area (Å²) in [6.07, 6.45) is 1.79. The fraction of sp³-hybridized carbons (Fsp3) is 0.105. The van der Waals surface area contributed by atoms with Crippen molar-refractivity contribution in [2.24, 2.45) is 5.16 Å². The van der Waals surface area contributed by atoms with Gasteiger partial charge in [-0.1, -0.05) is 65.8 Å². The van der Waals surface area contributed by atoms with Crippen molar-refractivity contribution in [2.75, 3.05) is 0 Å².